The fourth-order valence-electron chi connectivity index (χ4n) is 1.35. The third-order valence-corrected chi connectivity index (χ3v) is 2.73. The topological polar surface area (TPSA) is 103 Å². The number of aliphatic hydroxyl groups is 2. The molecule has 0 aromatic carbocycles. The Labute approximate surface area is 103 Å². The molecule has 6 N–H and O–H groups in total. The molecule has 1 aromatic heterocycles. The van der Waals surface area contributed by atoms with Crippen molar-refractivity contribution in [3.8, 4) is 0 Å². The van der Waals surface area contributed by atoms with Crippen molar-refractivity contribution in [2.75, 3.05) is 24.0 Å². The van der Waals surface area contributed by atoms with Crippen LogP contribution in [0.3, 0.4) is 0 Å². The van der Waals surface area contributed by atoms with Gasteiger partial charge in [-0.15, -0.1) is 0 Å². The van der Waals surface area contributed by atoms with Gasteiger partial charge in [-0.2, -0.15) is 0 Å². The zero-order valence-electron chi connectivity index (χ0n) is 9.87. The lowest BCUT2D eigenvalue weighted by Gasteiger charge is -2.30. The molecule has 0 aliphatic carbocycles. The quantitative estimate of drug-likeness (QED) is 0.370. The van der Waals surface area contributed by atoms with E-state index in [2.05, 4.69) is 10.3 Å². The van der Waals surface area contributed by atoms with E-state index in [1.54, 1.807) is 6.92 Å². The summed E-state index contributed by atoms with van der Waals surface area (Å²) in [6, 6.07) is 0.611. The second-order valence-corrected chi connectivity index (χ2v) is 3.87. The van der Waals surface area contributed by atoms with E-state index in [0.29, 0.717) is 12.5 Å². The van der Waals surface area contributed by atoms with Gasteiger partial charge in [-0.05, 0) is 6.42 Å². The molecule has 0 aliphatic heterocycles. The normalized spacial score (nSPS) is 11.4. The van der Waals surface area contributed by atoms with Crippen LogP contribution in [0.15, 0.2) is 6.07 Å². The first-order valence-electron chi connectivity index (χ1n) is 5.34. The Hall–Kier alpha value is -1.51. The predicted molar refractivity (Wildman–Crippen MR) is 62.8 cm³/mol. The predicted octanol–water partition coefficient (Wildman–Crippen LogP) is 0.191. The number of anilines is 2. The van der Waals surface area contributed by atoms with E-state index in [9.17, 15) is 19.0 Å². The summed E-state index contributed by atoms with van der Waals surface area (Å²) < 4.78 is 26.6. The number of nitrogens with two attached hydrogens (primary N) is 1. The molecular formula is C10H16F2N4O2. The van der Waals surface area contributed by atoms with Crippen molar-refractivity contribution in [1.82, 2.24) is 4.98 Å². The molecule has 102 valence electrons. The van der Waals surface area contributed by atoms with Gasteiger partial charge in [0.2, 0.25) is 0 Å². The van der Waals surface area contributed by atoms with Crippen LogP contribution in [0.25, 0.3) is 0 Å². The second kappa shape index (κ2) is 5.89. The highest BCUT2D eigenvalue weighted by Crippen LogP contribution is 2.23. The number of pyridine rings is 1. The lowest BCUT2D eigenvalue weighted by atomic mass is 9.98. The number of aromatic nitrogens is 1. The number of nitrogen functional groups attached to an aromatic ring is 1. The van der Waals surface area contributed by atoms with Crippen LogP contribution in [0, 0.1) is 11.6 Å². The summed E-state index contributed by atoms with van der Waals surface area (Å²) in [5.41, 5.74) is 0.857. The zero-order chi connectivity index (χ0) is 13.8. The van der Waals surface area contributed by atoms with Crippen molar-refractivity contribution in [3.63, 3.8) is 0 Å². The average Bonchev–Trinajstić information content (AvgIpc) is 2.38. The van der Waals surface area contributed by atoms with E-state index in [-0.39, 0.29) is 11.6 Å². The fraction of sp³-hybridized carbons (Fsp3) is 0.500. The van der Waals surface area contributed by atoms with E-state index >= 15 is 0 Å². The minimum Gasteiger partial charge on any atom is -0.394 e. The highest BCUT2D eigenvalue weighted by Gasteiger charge is 2.28. The summed E-state index contributed by atoms with van der Waals surface area (Å²) in [6.45, 7) is 0.844. The Morgan fingerprint density at radius 3 is 2.28 bits per heavy atom. The molecule has 1 aromatic rings. The smallest absolute Gasteiger partial charge is 0.178 e. The van der Waals surface area contributed by atoms with Crippen LogP contribution in [0.4, 0.5) is 20.4 Å². The van der Waals surface area contributed by atoms with Crippen LogP contribution in [-0.4, -0.2) is 33.9 Å². The molecule has 8 heteroatoms. The van der Waals surface area contributed by atoms with Crippen molar-refractivity contribution in [2.45, 2.75) is 18.9 Å². The minimum atomic E-state index is -1.13. The van der Waals surface area contributed by atoms with Crippen LogP contribution in [0.5, 0.6) is 0 Å². The molecule has 1 heterocycles. The van der Waals surface area contributed by atoms with Crippen LogP contribution in [-0.2, 0) is 0 Å². The molecule has 0 radical (unpaired) electrons. The Morgan fingerprint density at radius 2 is 1.83 bits per heavy atom. The molecule has 0 spiro atoms. The van der Waals surface area contributed by atoms with Gasteiger partial charge in [-0.25, -0.2) is 19.6 Å². The fourth-order valence-corrected chi connectivity index (χ4v) is 1.35. The van der Waals surface area contributed by atoms with E-state index in [1.807, 2.05) is 5.43 Å². The molecule has 18 heavy (non-hydrogen) atoms. The third-order valence-electron chi connectivity index (χ3n) is 2.73. The molecule has 0 amide bonds. The summed E-state index contributed by atoms with van der Waals surface area (Å²) in [6.07, 6.45) is 0.323. The van der Waals surface area contributed by atoms with Crippen molar-refractivity contribution < 1.29 is 19.0 Å². The summed E-state index contributed by atoms with van der Waals surface area (Å²) >= 11 is 0. The maximum Gasteiger partial charge on any atom is 0.178 e. The largest absolute Gasteiger partial charge is 0.394 e. The van der Waals surface area contributed by atoms with Crippen LogP contribution < -0.4 is 16.6 Å². The van der Waals surface area contributed by atoms with Gasteiger partial charge in [0.25, 0.3) is 0 Å². The molecule has 0 unspecified atom stereocenters. The van der Waals surface area contributed by atoms with Crippen molar-refractivity contribution in [2.24, 2.45) is 5.84 Å². The molecule has 0 atom stereocenters. The van der Waals surface area contributed by atoms with Crippen LogP contribution in [0.2, 0.25) is 0 Å². The highest BCUT2D eigenvalue weighted by molar-refractivity contribution is 5.48. The first-order valence-corrected chi connectivity index (χ1v) is 5.34. The van der Waals surface area contributed by atoms with Crippen LogP contribution >= 0.6 is 0 Å². The maximum atomic E-state index is 13.5. The monoisotopic (exact) mass is 262 g/mol. The average molecular weight is 262 g/mol. The van der Waals surface area contributed by atoms with Gasteiger partial charge in [0.15, 0.2) is 23.3 Å². The van der Waals surface area contributed by atoms with Gasteiger partial charge in [0.05, 0.1) is 18.8 Å². The number of hydrogen-bond donors (Lipinski definition) is 5. The summed E-state index contributed by atoms with van der Waals surface area (Å²) in [7, 11) is 0. The molecule has 0 saturated carbocycles. The van der Waals surface area contributed by atoms with Crippen LogP contribution in [0.1, 0.15) is 13.3 Å². The second-order valence-electron chi connectivity index (χ2n) is 3.87. The zero-order valence-corrected chi connectivity index (χ0v) is 9.87. The van der Waals surface area contributed by atoms with Gasteiger partial charge in [0, 0.05) is 6.07 Å². The number of halogens is 2. The minimum absolute atomic E-state index is 0.297. The third kappa shape index (κ3) is 2.84. The van der Waals surface area contributed by atoms with Crippen molar-refractivity contribution in [1.29, 1.82) is 0 Å². The molecule has 0 aliphatic rings. The molecular weight excluding hydrogens is 246 g/mol. The SMILES string of the molecule is CCC(CO)(CO)Nc1nc(NN)c(F)cc1F. The Balaban J connectivity index is 3.10. The van der Waals surface area contributed by atoms with Gasteiger partial charge in [-0.1, -0.05) is 6.92 Å². The number of hydrazine groups is 1. The van der Waals surface area contributed by atoms with Crippen molar-refractivity contribution in [3.05, 3.63) is 17.7 Å². The lowest BCUT2D eigenvalue weighted by molar-refractivity contribution is 0.132. The molecule has 6 nitrogen and oxygen atoms in total. The number of aliphatic hydroxyl groups excluding tert-OH is 2. The first-order chi connectivity index (χ1) is 8.51. The summed E-state index contributed by atoms with van der Waals surface area (Å²) in [4.78, 5) is 3.60. The highest BCUT2D eigenvalue weighted by atomic mass is 19.1. The number of nitrogens with zero attached hydrogens (tertiary/aromatic N) is 1. The summed E-state index contributed by atoms with van der Waals surface area (Å²) in [5.74, 6) is 2.53. The van der Waals surface area contributed by atoms with Gasteiger partial charge < -0.3 is 21.0 Å². The standard InChI is InChI=1S/C10H16F2N4O2/c1-2-10(4-17,5-18)15-8-6(11)3-7(12)9(14-8)16-13/h3,17-18H,2,4-5,13H2,1H3,(H2,14,15,16). The Kier molecular flexibility index (Phi) is 4.76. The molecule has 0 bridgehead atoms. The van der Waals surface area contributed by atoms with E-state index in [0.717, 1.165) is 0 Å². The number of hydrogen-bond acceptors (Lipinski definition) is 6. The number of nitrogens with one attached hydrogen (secondary N) is 2. The van der Waals surface area contributed by atoms with Gasteiger partial charge >= 0.3 is 0 Å². The Morgan fingerprint density at radius 1 is 1.28 bits per heavy atom. The number of rotatable bonds is 6. The Bertz CT molecular complexity index is 405. The van der Waals surface area contributed by atoms with E-state index < -0.39 is 30.4 Å². The molecule has 0 fully saturated rings. The van der Waals surface area contributed by atoms with Crippen molar-refractivity contribution >= 4 is 11.6 Å². The molecule has 0 saturated heterocycles. The lowest BCUT2D eigenvalue weighted by Crippen LogP contribution is -2.45. The van der Waals surface area contributed by atoms with E-state index in [1.165, 1.54) is 0 Å². The van der Waals surface area contributed by atoms with Gasteiger partial charge in [-0.3, -0.25) is 0 Å². The summed E-state index contributed by atoms with van der Waals surface area (Å²) in [5, 5.41) is 21.0. The molecule has 1 rings (SSSR count). The van der Waals surface area contributed by atoms with Gasteiger partial charge in [0.1, 0.15) is 0 Å². The first kappa shape index (κ1) is 14.6. The van der Waals surface area contributed by atoms with E-state index in [4.69, 9.17) is 5.84 Å². The maximum absolute atomic E-state index is 13.5.